The molecule has 1 aromatic carbocycles. The van der Waals surface area contributed by atoms with E-state index in [1.165, 1.54) is 6.92 Å². The van der Waals surface area contributed by atoms with Crippen LogP contribution in [-0.2, 0) is 16.1 Å². The van der Waals surface area contributed by atoms with Crippen molar-refractivity contribution >= 4 is 23.2 Å². The largest absolute Gasteiger partial charge is 0.497 e. The summed E-state index contributed by atoms with van der Waals surface area (Å²) in [7, 11) is 1.64. The predicted octanol–water partition coefficient (Wildman–Crippen LogP) is 3.52. The van der Waals surface area contributed by atoms with Crippen LogP contribution in [0.3, 0.4) is 0 Å². The SMILES string of the molecule is COc1ccc(CN(C(=O)CC(NC(C)=O)c2cccs2)C2CC2)cc1. The lowest BCUT2D eigenvalue weighted by atomic mass is 10.1. The Morgan fingerprint density at radius 1 is 1.27 bits per heavy atom. The highest BCUT2D eigenvalue weighted by Crippen LogP contribution is 2.31. The van der Waals surface area contributed by atoms with Gasteiger partial charge in [0.1, 0.15) is 5.75 Å². The van der Waals surface area contributed by atoms with Gasteiger partial charge in [-0.1, -0.05) is 18.2 Å². The highest BCUT2D eigenvalue weighted by atomic mass is 32.1. The molecule has 3 rings (SSSR count). The minimum absolute atomic E-state index is 0.0791. The smallest absolute Gasteiger partial charge is 0.225 e. The zero-order chi connectivity index (χ0) is 18.5. The molecular weight excluding hydrogens is 348 g/mol. The highest BCUT2D eigenvalue weighted by Gasteiger charge is 2.33. The molecule has 1 heterocycles. The molecule has 0 bridgehead atoms. The molecule has 138 valence electrons. The standard InChI is InChI=1S/C20H24N2O3S/c1-14(23)21-18(19-4-3-11-26-19)12-20(24)22(16-7-8-16)13-15-5-9-17(25-2)10-6-15/h3-6,9-11,16,18H,7-8,12-13H2,1-2H3,(H,21,23). The first kappa shape index (κ1) is 18.5. The van der Waals surface area contributed by atoms with Gasteiger partial charge in [-0.15, -0.1) is 11.3 Å². The van der Waals surface area contributed by atoms with Crippen LogP contribution >= 0.6 is 11.3 Å². The van der Waals surface area contributed by atoms with Gasteiger partial charge >= 0.3 is 0 Å². The number of methoxy groups -OCH3 is 1. The third kappa shape index (κ3) is 4.85. The number of hydrogen-bond donors (Lipinski definition) is 1. The number of carbonyl (C=O) groups is 2. The number of ether oxygens (including phenoxy) is 1. The summed E-state index contributed by atoms with van der Waals surface area (Å²) >= 11 is 1.56. The minimum Gasteiger partial charge on any atom is -0.497 e. The molecule has 1 aliphatic rings. The van der Waals surface area contributed by atoms with Gasteiger partial charge in [0, 0.05) is 24.4 Å². The van der Waals surface area contributed by atoms with E-state index in [9.17, 15) is 9.59 Å². The van der Waals surface area contributed by atoms with Crippen molar-refractivity contribution in [2.24, 2.45) is 0 Å². The van der Waals surface area contributed by atoms with Crippen molar-refractivity contribution in [1.82, 2.24) is 10.2 Å². The van der Waals surface area contributed by atoms with Crippen LogP contribution in [0.5, 0.6) is 5.75 Å². The van der Waals surface area contributed by atoms with Gasteiger partial charge in [-0.3, -0.25) is 9.59 Å². The molecule has 0 radical (unpaired) electrons. The fraction of sp³-hybridized carbons (Fsp3) is 0.400. The summed E-state index contributed by atoms with van der Waals surface area (Å²) in [5, 5.41) is 4.88. The molecule has 1 fully saturated rings. The molecule has 26 heavy (non-hydrogen) atoms. The van der Waals surface area contributed by atoms with Crippen molar-refractivity contribution in [2.45, 2.75) is 44.8 Å². The first-order valence-corrected chi connectivity index (χ1v) is 9.67. The first-order valence-electron chi connectivity index (χ1n) is 8.79. The quantitative estimate of drug-likeness (QED) is 0.771. The molecule has 1 N–H and O–H groups in total. The van der Waals surface area contributed by atoms with Gasteiger partial charge in [-0.05, 0) is 42.0 Å². The monoisotopic (exact) mass is 372 g/mol. The first-order chi connectivity index (χ1) is 12.6. The van der Waals surface area contributed by atoms with Crippen LogP contribution in [0.1, 0.15) is 42.7 Å². The Labute approximate surface area is 158 Å². The average Bonchev–Trinajstić information content (AvgIpc) is 3.31. The molecule has 2 amide bonds. The molecule has 1 saturated carbocycles. The van der Waals surface area contributed by atoms with E-state index >= 15 is 0 Å². The van der Waals surface area contributed by atoms with Gasteiger partial charge in [0.05, 0.1) is 19.6 Å². The van der Waals surface area contributed by atoms with Crippen LogP contribution in [-0.4, -0.2) is 29.9 Å². The summed E-state index contributed by atoms with van der Waals surface area (Å²) in [6.45, 7) is 2.08. The highest BCUT2D eigenvalue weighted by molar-refractivity contribution is 7.10. The van der Waals surface area contributed by atoms with Gasteiger partial charge in [-0.25, -0.2) is 0 Å². The summed E-state index contributed by atoms with van der Waals surface area (Å²) in [5.41, 5.74) is 1.08. The van der Waals surface area contributed by atoms with E-state index < -0.39 is 0 Å². The lowest BCUT2D eigenvalue weighted by molar-refractivity contribution is -0.133. The number of amides is 2. The summed E-state index contributed by atoms with van der Waals surface area (Å²) in [4.78, 5) is 27.5. The summed E-state index contributed by atoms with van der Waals surface area (Å²) in [6, 6.07) is 11.8. The van der Waals surface area contributed by atoms with Gasteiger partial charge < -0.3 is 15.0 Å². The van der Waals surface area contributed by atoms with E-state index in [0.29, 0.717) is 12.6 Å². The van der Waals surface area contributed by atoms with Crippen LogP contribution < -0.4 is 10.1 Å². The van der Waals surface area contributed by atoms with Crippen LogP contribution in [0.25, 0.3) is 0 Å². The maximum absolute atomic E-state index is 13.0. The van der Waals surface area contributed by atoms with Crippen molar-refractivity contribution in [3.05, 3.63) is 52.2 Å². The minimum atomic E-state index is -0.267. The number of rotatable bonds is 8. The van der Waals surface area contributed by atoms with E-state index in [0.717, 1.165) is 29.0 Å². The van der Waals surface area contributed by atoms with E-state index in [2.05, 4.69) is 5.32 Å². The fourth-order valence-electron chi connectivity index (χ4n) is 2.98. The van der Waals surface area contributed by atoms with E-state index in [4.69, 9.17) is 4.74 Å². The van der Waals surface area contributed by atoms with E-state index in [-0.39, 0.29) is 24.3 Å². The molecule has 1 atom stereocenters. The zero-order valence-electron chi connectivity index (χ0n) is 15.1. The van der Waals surface area contributed by atoms with Gasteiger partial charge in [0.15, 0.2) is 0 Å². The second-order valence-electron chi connectivity index (χ2n) is 6.57. The van der Waals surface area contributed by atoms with Gasteiger partial charge in [-0.2, -0.15) is 0 Å². The van der Waals surface area contributed by atoms with Crippen LogP contribution in [0.15, 0.2) is 41.8 Å². The molecule has 1 aliphatic carbocycles. The maximum atomic E-state index is 13.0. The number of nitrogens with one attached hydrogen (secondary N) is 1. The second kappa shape index (κ2) is 8.36. The molecule has 0 spiro atoms. The van der Waals surface area contributed by atoms with Crippen molar-refractivity contribution in [3.63, 3.8) is 0 Å². The fourth-order valence-corrected chi connectivity index (χ4v) is 3.76. The summed E-state index contributed by atoms with van der Waals surface area (Å²) < 4.78 is 5.19. The lowest BCUT2D eigenvalue weighted by Gasteiger charge is -2.25. The van der Waals surface area contributed by atoms with Crippen molar-refractivity contribution in [2.75, 3.05) is 7.11 Å². The Balaban J connectivity index is 1.70. The van der Waals surface area contributed by atoms with E-state index in [1.54, 1.807) is 18.4 Å². The average molecular weight is 372 g/mol. The molecule has 1 aromatic heterocycles. The van der Waals surface area contributed by atoms with Crippen molar-refractivity contribution in [1.29, 1.82) is 0 Å². The van der Waals surface area contributed by atoms with E-state index in [1.807, 2.05) is 46.7 Å². The lowest BCUT2D eigenvalue weighted by Crippen LogP contribution is -2.36. The predicted molar refractivity (Wildman–Crippen MR) is 102 cm³/mol. The molecular formula is C20H24N2O3S. The van der Waals surface area contributed by atoms with Crippen LogP contribution in [0.4, 0.5) is 0 Å². The number of thiophene rings is 1. The number of benzene rings is 1. The zero-order valence-corrected chi connectivity index (χ0v) is 15.9. The van der Waals surface area contributed by atoms with Crippen LogP contribution in [0, 0.1) is 0 Å². The van der Waals surface area contributed by atoms with Gasteiger partial charge in [0.2, 0.25) is 11.8 Å². The molecule has 6 heteroatoms. The Morgan fingerprint density at radius 2 is 2.00 bits per heavy atom. The molecule has 5 nitrogen and oxygen atoms in total. The normalized spacial score (nSPS) is 14.5. The Kier molecular flexibility index (Phi) is 5.93. The summed E-state index contributed by atoms with van der Waals surface area (Å²) in [5.74, 6) is 0.765. The van der Waals surface area contributed by atoms with Crippen molar-refractivity contribution < 1.29 is 14.3 Å². The number of carbonyl (C=O) groups excluding carboxylic acids is 2. The second-order valence-corrected chi connectivity index (χ2v) is 7.55. The molecule has 0 aliphatic heterocycles. The Bertz CT molecular complexity index is 739. The Hall–Kier alpha value is -2.34. The number of nitrogens with zero attached hydrogens (tertiary/aromatic N) is 1. The molecule has 2 aromatic rings. The summed E-state index contributed by atoms with van der Waals surface area (Å²) in [6.07, 6.45) is 2.38. The third-order valence-electron chi connectivity index (χ3n) is 4.46. The topological polar surface area (TPSA) is 58.6 Å². The Morgan fingerprint density at radius 3 is 2.54 bits per heavy atom. The maximum Gasteiger partial charge on any atom is 0.225 e. The van der Waals surface area contributed by atoms with Crippen LogP contribution in [0.2, 0.25) is 0 Å². The molecule has 1 unspecified atom stereocenters. The molecule has 0 saturated heterocycles. The van der Waals surface area contributed by atoms with Crippen molar-refractivity contribution in [3.8, 4) is 5.75 Å². The number of hydrogen-bond acceptors (Lipinski definition) is 4. The third-order valence-corrected chi connectivity index (χ3v) is 5.45. The van der Waals surface area contributed by atoms with Gasteiger partial charge in [0.25, 0.3) is 0 Å².